The summed E-state index contributed by atoms with van der Waals surface area (Å²) >= 11 is 3.47. The van der Waals surface area contributed by atoms with Crippen LogP contribution < -0.4 is 5.73 Å². The second-order valence-electron chi connectivity index (χ2n) is 2.91. The van der Waals surface area contributed by atoms with Crippen molar-refractivity contribution in [2.24, 2.45) is 5.73 Å². The normalized spacial score (nSPS) is 14.1. The smallest absolute Gasteiger partial charge is 0.0927 e. The number of allylic oxidation sites excluding steroid dienone is 4. The van der Waals surface area contributed by atoms with Gasteiger partial charge in [-0.3, -0.25) is 0 Å². The third-order valence-corrected chi connectivity index (χ3v) is 2.30. The van der Waals surface area contributed by atoms with Crippen LogP contribution >= 0.6 is 15.9 Å². The molecular formula is C10H18BrNO. The summed E-state index contributed by atoms with van der Waals surface area (Å²) in [5.74, 6) is 0.922. The predicted molar refractivity (Wildman–Crippen MR) is 60.7 cm³/mol. The molecule has 0 bridgehead atoms. The van der Waals surface area contributed by atoms with Gasteiger partial charge in [0.15, 0.2) is 0 Å². The largest absolute Gasteiger partial charge is 0.501 e. The van der Waals surface area contributed by atoms with Crippen LogP contribution in [0.3, 0.4) is 0 Å². The van der Waals surface area contributed by atoms with E-state index in [0.29, 0.717) is 0 Å². The predicted octanol–water partition coefficient (Wildman–Crippen LogP) is 2.94. The molecule has 0 aliphatic rings. The number of methoxy groups -OCH3 is 1. The third-order valence-electron chi connectivity index (χ3n) is 1.79. The molecule has 0 fully saturated rings. The Balaban J connectivity index is 4.37. The topological polar surface area (TPSA) is 35.2 Å². The highest BCUT2D eigenvalue weighted by Gasteiger charge is 1.98. The molecule has 0 rings (SSSR count). The summed E-state index contributed by atoms with van der Waals surface area (Å²) in [6.45, 7) is 4.70. The van der Waals surface area contributed by atoms with E-state index in [2.05, 4.69) is 15.9 Å². The Bertz CT molecular complexity index is 205. The van der Waals surface area contributed by atoms with Gasteiger partial charge in [-0.05, 0) is 49.4 Å². The Kier molecular flexibility index (Phi) is 7.00. The fourth-order valence-corrected chi connectivity index (χ4v) is 1.25. The summed E-state index contributed by atoms with van der Waals surface area (Å²) < 4.78 is 6.24. The van der Waals surface area contributed by atoms with Gasteiger partial charge in [-0.1, -0.05) is 15.9 Å². The van der Waals surface area contributed by atoms with Gasteiger partial charge in [0.25, 0.3) is 0 Å². The fraction of sp³-hybridized carbons (Fsp3) is 0.600. The van der Waals surface area contributed by atoms with E-state index >= 15 is 0 Å². The molecule has 76 valence electrons. The van der Waals surface area contributed by atoms with E-state index in [9.17, 15) is 0 Å². The van der Waals surface area contributed by atoms with Crippen LogP contribution in [0.15, 0.2) is 21.9 Å². The van der Waals surface area contributed by atoms with Crippen molar-refractivity contribution in [2.45, 2.75) is 26.7 Å². The van der Waals surface area contributed by atoms with E-state index in [-0.39, 0.29) is 0 Å². The number of nitrogens with two attached hydrogens (primary N) is 1. The minimum Gasteiger partial charge on any atom is -0.501 e. The van der Waals surface area contributed by atoms with Gasteiger partial charge in [-0.25, -0.2) is 0 Å². The molecule has 0 aliphatic heterocycles. The number of hydrogen-bond donors (Lipinski definition) is 1. The maximum absolute atomic E-state index is 5.45. The minimum atomic E-state index is 0.726. The first-order valence-corrected chi connectivity index (χ1v) is 5.18. The van der Waals surface area contributed by atoms with Crippen LogP contribution in [-0.4, -0.2) is 13.7 Å². The minimum absolute atomic E-state index is 0.726. The van der Waals surface area contributed by atoms with Crippen molar-refractivity contribution in [1.29, 1.82) is 0 Å². The van der Waals surface area contributed by atoms with Crippen LogP contribution in [0.1, 0.15) is 26.7 Å². The standard InChI is InChI=1S/C10H18BrNO/c1-8(13-3)7-10(9(2)11)5-4-6-12/h7H,4-6,12H2,1-3H3. The number of halogens is 1. The highest BCUT2D eigenvalue weighted by molar-refractivity contribution is 9.11. The van der Waals surface area contributed by atoms with Gasteiger partial charge in [0.1, 0.15) is 0 Å². The van der Waals surface area contributed by atoms with Crippen molar-refractivity contribution >= 4 is 15.9 Å². The van der Waals surface area contributed by atoms with Gasteiger partial charge in [0.05, 0.1) is 12.9 Å². The van der Waals surface area contributed by atoms with E-state index in [4.69, 9.17) is 10.5 Å². The molecule has 0 aromatic heterocycles. The van der Waals surface area contributed by atoms with Gasteiger partial charge >= 0.3 is 0 Å². The van der Waals surface area contributed by atoms with Crippen molar-refractivity contribution < 1.29 is 4.74 Å². The first-order chi connectivity index (χ1) is 6.11. The van der Waals surface area contributed by atoms with E-state index in [1.54, 1.807) is 7.11 Å². The van der Waals surface area contributed by atoms with E-state index < -0.39 is 0 Å². The molecule has 0 aromatic rings. The second kappa shape index (κ2) is 7.15. The molecule has 0 radical (unpaired) electrons. The molecule has 0 aliphatic carbocycles. The van der Waals surface area contributed by atoms with Gasteiger partial charge in [-0.15, -0.1) is 0 Å². The second-order valence-corrected chi connectivity index (χ2v) is 4.10. The van der Waals surface area contributed by atoms with Crippen LogP contribution in [0, 0.1) is 0 Å². The Hall–Kier alpha value is -0.280. The van der Waals surface area contributed by atoms with Gasteiger partial charge in [0, 0.05) is 0 Å². The Morgan fingerprint density at radius 1 is 1.46 bits per heavy atom. The summed E-state index contributed by atoms with van der Waals surface area (Å²) in [6.07, 6.45) is 4.04. The van der Waals surface area contributed by atoms with E-state index in [1.165, 1.54) is 5.57 Å². The van der Waals surface area contributed by atoms with Gasteiger partial charge in [0.2, 0.25) is 0 Å². The number of ether oxygens (including phenoxy) is 1. The van der Waals surface area contributed by atoms with Crippen LogP contribution in [0.4, 0.5) is 0 Å². The molecule has 0 aromatic carbocycles. The zero-order valence-electron chi connectivity index (χ0n) is 8.56. The Labute approximate surface area is 89.0 Å². The maximum atomic E-state index is 5.45. The first kappa shape index (κ1) is 12.7. The molecule has 13 heavy (non-hydrogen) atoms. The average molecular weight is 248 g/mol. The molecule has 0 heterocycles. The van der Waals surface area contributed by atoms with Crippen molar-refractivity contribution in [3.8, 4) is 0 Å². The average Bonchev–Trinajstić information content (AvgIpc) is 2.11. The molecule has 0 unspecified atom stereocenters. The van der Waals surface area contributed by atoms with E-state index in [1.807, 2.05) is 19.9 Å². The summed E-state index contributed by atoms with van der Waals surface area (Å²) in [6, 6.07) is 0. The Morgan fingerprint density at radius 2 is 2.08 bits per heavy atom. The lowest BCUT2D eigenvalue weighted by Crippen LogP contribution is -1.99. The van der Waals surface area contributed by atoms with Crippen LogP contribution in [0.2, 0.25) is 0 Å². The molecule has 2 N–H and O–H groups in total. The molecule has 0 atom stereocenters. The van der Waals surface area contributed by atoms with E-state index in [0.717, 1.165) is 29.6 Å². The molecule has 0 spiro atoms. The third kappa shape index (κ3) is 5.88. The lowest BCUT2D eigenvalue weighted by molar-refractivity contribution is 0.293. The molecule has 0 saturated heterocycles. The molecule has 2 nitrogen and oxygen atoms in total. The monoisotopic (exact) mass is 247 g/mol. The highest BCUT2D eigenvalue weighted by Crippen LogP contribution is 2.18. The zero-order valence-corrected chi connectivity index (χ0v) is 10.1. The van der Waals surface area contributed by atoms with Crippen molar-refractivity contribution in [1.82, 2.24) is 0 Å². The van der Waals surface area contributed by atoms with Crippen molar-refractivity contribution in [3.05, 3.63) is 21.9 Å². The van der Waals surface area contributed by atoms with Crippen molar-refractivity contribution in [3.63, 3.8) is 0 Å². The first-order valence-electron chi connectivity index (χ1n) is 4.39. The van der Waals surface area contributed by atoms with Crippen molar-refractivity contribution in [2.75, 3.05) is 13.7 Å². The molecule has 0 amide bonds. The number of hydrogen-bond acceptors (Lipinski definition) is 2. The zero-order chi connectivity index (χ0) is 10.3. The van der Waals surface area contributed by atoms with Crippen LogP contribution in [-0.2, 0) is 4.74 Å². The summed E-state index contributed by atoms with van der Waals surface area (Å²) in [5, 5.41) is 0. The lowest BCUT2D eigenvalue weighted by Gasteiger charge is -2.05. The Morgan fingerprint density at radius 3 is 2.46 bits per heavy atom. The van der Waals surface area contributed by atoms with Crippen LogP contribution in [0.25, 0.3) is 0 Å². The maximum Gasteiger partial charge on any atom is 0.0927 e. The molecular weight excluding hydrogens is 230 g/mol. The SMILES string of the molecule is COC(C)=CC(CCCN)=C(C)Br. The fourth-order valence-electron chi connectivity index (χ4n) is 0.941. The molecule has 0 saturated carbocycles. The van der Waals surface area contributed by atoms with Gasteiger partial charge < -0.3 is 10.5 Å². The quantitative estimate of drug-likeness (QED) is 0.599. The summed E-state index contributed by atoms with van der Waals surface area (Å²) in [5.41, 5.74) is 6.70. The lowest BCUT2D eigenvalue weighted by atomic mass is 10.1. The van der Waals surface area contributed by atoms with Gasteiger partial charge in [-0.2, -0.15) is 0 Å². The molecule has 3 heteroatoms. The summed E-state index contributed by atoms with van der Waals surface area (Å²) in [4.78, 5) is 0. The summed E-state index contributed by atoms with van der Waals surface area (Å²) in [7, 11) is 1.68. The number of rotatable bonds is 5. The highest BCUT2D eigenvalue weighted by atomic mass is 79.9. The van der Waals surface area contributed by atoms with Crippen LogP contribution in [0.5, 0.6) is 0 Å².